The molecule has 0 bridgehead atoms. The lowest BCUT2D eigenvalue weighted by Gasteiger charge is -2.31. The van der Waals surface area contributed by atoms with Gasteiger partial charge in [0.1, 0.15) is 11.0 Å². The maximum absolute atomic E-state index is 12.4. The number of Topliss-reactive ketones (excluding diaryl/α,β-unsaturated/α-hetero) is 2. The van der Waals surface area contributed by atoms with E-state index in [9.17, 15) is 13.8 Å². The first-order valence-corrected chi connectivity index (χ1v) is 7.39. The van der Waals surface area contributed by atoms with Crippen molar-refractivity contribution < 1.29 is 13.8 Å². The van der Waals surface area contributed by atoms with E-state index in [0.717, 1.165) is 0 Å². The Morgan fingerprint density at radius 2 is 1.83 bits per heavy atom. The third-order valence-corrected chi connectivity index (χ3v) is 5.44. The Labute approximate surface area is 109 Å². The van der Waals surface area contributed by atoms with E-state index in [2.05, 4.69) is 0 Å². The summed E-state index contributed by atoms with van der Waals surface area (Å²) in [5.74, 6) is -0.465. The van der Waals surface area contributed by atoms with Crippen molar-refractivity contribution in [2.75, 3.05) is 5.75 Å². The van der Waals surface area contributed by atoms with E-state index < -0.39 is 16.0 Å². The zero-order chi connectivity index (χ0) is 13.3. The van der Waals surface area contributed by atoms with Crippen molar-refractivity contribution >= 4 is 22.4 Å². The predicted molar refractivity (Wildman–Crippen MR) is 70.9 cm³/mol. The molecule has 0 saturated carbocycles. The summed E-state index contributed by atoms with van der Waals surface area (Å²) in [5.41, 5.74) is 0.573. The van der Waals surface area contributed by atoms with E-state index in [4.69, 9.17) is 0 Å². The van der Waals surface area contributed by atoms with Crippen molar-refractivity contribution in [2.24, 2.45) is 11.8 Å². The molecule has 0 radical (unpaired) electrons. The van der Waals surface area contributed by atoms with Gasteiger partial charge in [0.25, 0.3) is 0 Å². The van der Waals surface area contributed by atoms with Gasteiger partial charge in [0.15, 0.2) is 5.78 Å². The fourth-order valence-corrected chi connectivity index (χ4v) is 4.09. The number of hydrogen-bond donors (Lipinski definition) is 0. The minimum atomic E-state index is -1.39. The van der Waals surface area contributed by atoms with Crippen molar-refractivity contribution in [3.8, 4) is 0 Å². The summed E-state index contributed by atoms with van der Waals surface area (Å²) in [6.45, 7) is 3.65. The number of hydrogen-bond acceptors (Lipinski definition) is 3. The van der Waals surface area contributed by atoms with Crippen LogP contribution in [0.15, 0.2) is 30.3 Å². The fourth-order valence-electron chi connectivity index (χ4n) is 2.28. The van der Waals surface area contributed by atoms with Crippen LogP contribution in [0.4, 0.5) is 0 Å². The second-order valence-electron chi connectivity index (χ2n) is 4.79. The number of ketones is 2. The molecule has 18 heavy (non-hydrogen) atoms. The van der Waals surface area contributed by atoms with E-state index in [1.807, 2.05) is 19.9 Å². The van der Waals surface area contributed by atoms with Crippen LogP contribution in [0.1, 0.15) is 24.2 Å². The van der Waals surface area contributed by atoms with Crippen molar-refractivity contribution in [1.29, 1.82) is 0 Å². The van der Waals surface area contributed by atoms with Gasteiger partial charge in [-0.05, 0) is 5.92 Å². The number of carbonyl (C=O) groups excluding carboxylic acids is 2. The summed E-state index contributed by atoms with van der Waals surface area (Å²) in [4.78, 5) is 24.0. The molecular weight excluding hydrogens is 248 g/mol. The molecule has 1 aliphatic rings. The minimum Gasteiger partial charge on any atom is -0.298 e. The second kappa shape index (κ2) is 5.14. The van der Waals surface area contributed by atoms with Crippen LogP contribution in [-0.4, -0.2) is 26.8 Å². The molecule has 1 fully saturated rings. The van der Waals surface area contributed by atoms with Gasteiger partial charge < -0.3 is 0 Å². The number of benzene rings is 1. The quantitative estimate of drug-likeness (QED) is 0.766. The summed E-state index contributed by atoms with van der Waals surface area (Å²) >= 11 is 0. The fraction of sp³-hybridized carbons (Fsp3) is 0.429. The van der Waals surface area contributed by atoms with Crippen LogP contribution in [0.5, 0.6) is 0 Å². The van der Waals surface area contributed by atoms with Gasteiger partial charge in [-0.1, -0.05) is 44.2 Å². The molecule has 96 valence electrons. The monoisotopic (exact) mass is 264 g/mol. The lowest BCUT2D eigenvalue weighted by Crippen LogP contribution is -2.46. The number of rotatable bonds is 2. The summed E-state index contributed by atoms with van der Waals surface area (Å²) in [6.07, 6.45) is 0. The molecule has 3 nitrogen and oxygen atoms in total. The van der Waals surface area contributed by atoms with Crippen molar-refractivity contribution in [3.63, 3.8) is 0 Å². The Kier molecular flexibility index (Phi) is 3.76. The average Bonchev–Trinajstić information content (AvgIpc) is 2.37. The molecule has 0 aromatic heterocycles. The molecule has 0 amide bonds. The highest BCUT2D eigenvalue weighted by Gasteiger charge is 2.41. The smallest absolute Gasteiger partial charge is 0.178 e. The van der Waals surface area contributed by atoms with Gasteiger partial charge >= 0.3 is 0 Å². The zero-order valence-electron chi connectivity index (χ0n) is 10.5. The summed E-state index contributed by atoms with van der Waals surface area (Å²) in [7, 11) is -1.39. The van der Waals surface area contributed by atoms with Gasteiger partial charge in [-0.25, -0.2) is 0 Å². The van der Waals surface area contributed by atoms with Crippen LogP contribution in [0.25, 0.3) is 0 Å². The van der Waals surface area contributed by atoms with Crippen LogP contribution in [-0.2, 0) is 15.6 Å². The normalized spacial score (nSPS) is 32.2. The maximum Gasteiger partial charge on any atom is 0.178 e. The molecule has 1 heterocycles. The molecule has 1 aliphatic heterocycles. The highest BCUT2D eigenvalue weighted by molar-refractivity contribution is 7.87. The summed E-state index contributed by atoms with van der Waals surface area (Å²) < 4.78 is 12.0. The molecule has 0 spiro atoms. The van der Waals surface area contributed by atoms with Crippen molar-refractivity contribution in [1.82, 2.24) is 0 Å². The lowest BCUT2D eigenvalue weighted by molar-refractivity contribution is -0.121. The van der Waals surface area contributed by atoms with Crippen molar-refractivity contribution in [2.45, 2.75) is 19.1 Å². The largest absolute Gasteiger partial charge is 0.298 e. The van der Waals surface area contributed by atoms with Gasteiger partial charge in [0.05, 0.1) is 5.75 Å². The second-order valence-corrected chi connectivity index (χ2v) is 6.35. The first kappa shape index (κ1) is 13.1. The van der Waals surface area contributed by atoms with E-state index in [0.29, 0.717) is 5.56 Å². The molecule has 1 aromatic rings. The van der Waals surface area contributed by atoms with Crippen LogP contribution in [0.3, 0.4) is 0 Å². The van der Waals surface area contributed by atoms with Gasteiger partial charge in [0.2, 0.25) is 0 Å². The molecule has 2 unspecified atom stereocenters. The van der Waals surface area contributed by atoms with Crippen molar-refractivity contribution in [3.05, 3.63) is 35.9 Å². The van der Waals surface area contributed by atoms with E-state index >= 15 is 0 Å². The average molecular weight is 264 g/mol. The molecule has 2 rings (SSSR count). The topological polar surface area (TPSA) is 51.2 Å². The maximum atomic E-state index is 12.4. The van der Waals surface area contributed by atoms with E-state index in [-0.39, 0.29) is 29.2 Å². The summed E-state index contributed by atoms with van der Waals surface area (Å²) in [6, 6.07) is 8.88. The third-order valence-electron chi connectivity index (χ3n) is 3.66. The Hall–Kier alpha value is -1.29. The molecule has 0 aliphatic carbocycles. The Morgan fingerprint density at radius 1 is 1.22 bits per heavy atom. The Bertz CT molecular complexity index is 495. The lowest BCUT2D eigenvalue weighted by atomic mass is 9.86. The van der Waals surface area contributed by atoms with E-state index in [1.54, 1.807) is 24.3 Å². The molecule has 0 N–H and O–H groups in total. The third kappa shape index (κ3) is 2.29. The number of carbonyl (C=O) groups is 2. The van der Waals surface area contributed by atoms with E-state index in [1.165, 1.54) is 0 Å². The summed E-state index contributed by atoms with van der Waals surface area (Å²) in [5, 5.41) is -0.555. The highest BCUT2D eigenvalue weighted by atomic mass is 32.2. The SMILES string of the molecule is CC1C(=O)CS(=O)[C@H](C(=O)c2ccccc2)[C@H]1C. The molecular formula is C14H16O3S. The molecule has 4 heteroatoms. The van der Waals surface area contributed by atoms with Crippen LogP contribution < -0.4 is 0 Å². The van der Waals surface area contributed by atoms with Gasteiger partial charge in [-0.2, -0.15) is 0 Å². The van der Waals surface area contributed by atoms with Gasteiger partial charge in [-0.3, -0.25) is 13.8 Å². The van der Waals surface area contributed by atoms with Crippen LogP contribution in [0, 0.1) is 11.8 Å². The van der Waals surface area contributed by atoms with Gasteiger partial charge in [0, 0.05) is 22.3 Å². The molecule has 4 atom stereocenters. The molecule has 1 aromatic carbocycles. The predicted octanol–water partition coefficient (Wildman–Crippen LogP) is 1.84. The Morgan fingerprint density at radius 3 is 2.44 bits per heavy atom. The van der Waals surface area contributed by atoms with Gasteiger partial charge in [-0.15, -0.1) is 0 Å². The minimum absolute atomic E-state index is 0.00190. The zero-order valence-corrected chi connectivity index (χ0v) is 11.3. The van der Waals surface area contributed by atoms with Crippen LogP contribution >= 0.6 is 0 Å². The standard InChI is InChI=1S/C14H16O3S/c1-9-10(2)14(18(17)8-12(9)15)13(16)11-6-4-3-5-7-11/h3-7,9-10,14H,8H2,1-2H3/t9?,10-,14-,18?/m0/s1. The first-order valence-electron chi connectivity index (χ1n) is 6.01. The van der Waals surface area contributed by atoms with Crippen LogP contribution in [0.2, 0.25) is 0 Å². The highest BCUT2D eigenvalue weighted by Crippen LogP contribution is 2.28. The Balaban J connectivity index is 2.30. The molecule has 1 saturated heterocycles. The first-order chi connectivity index (χ1) is 8.52.